The fourth-order valence-electron chi connectivity index (χ4n) is 3.46. The van der Waals surface area contributed by atoms with Crippen LogP contribution in [0.15, 0.2) is 91.0 Å². The van der Waals surface area contributed by atoms with Crippen LogP contribution >= 0.6 is 0 Å². The predicted octanol–water partition coefficient (Wildman–Crippen LogP) is 4.71. The van der Waals surface area contributed by atoms with Gasteiger partial charge in [0.2, 0.25) is 5.91 Å². The summed E-state index contributed by atoms with van der Waals surface area (Å²) in [4.78, 5) is 24.7. The lowest BCUT2D eigenvalue weighted by atomic mass is 9.76. The maximum Gasteiger partial charge on any atom is 0.221 e. The molecule has 0 radical (unpaired) electrons. The van der Waals surface area contributed by atoms with Crippen molar-refractivity contribution in [3.05, 3.63) is 108 Å². The van der Waals surface area contributed by atoms with Crippen molar-refractivity contribution in [1.82, 2.24) is 5.32 Å². The van der Waals surface area contributed by atoms with Gasteiger partial charge in [0.25, 0.3) is 0 Å². The first kappa shape index (κ1) is 19.6. The number of hydrogen-bond acceptors (Lipinski definition) is 2. The summed E-state index contributed by atoms with van der Waals surface area (Å²) in [6.07, 6.45) is 0.156. The van der Waals surface area contributed by atoms with Crippen molar-refractivity contribution in [3.8, 4) is 0 Å². The standard InChI is InChI=1S/C25H25NO2/c1-19(20(2)27)18-24(28)26-25(21-12-6-3-7-13-21,22-14-8-4-9-15-22)23-16-10-5-11-17-23/h3-17,19H,18H2,1-2H3,(H,26,28)/t19-/m0/s1. The molecule has 3 aromatic rings. The number of benzene rings is 3. The topological polar surface area (TPSA) is 46.2 Å². The number of nitrogens with one attached hydrogen (secondary N) is 1. The Kier molecular flexibility index (Phi) is 6.05. The van der Waals surface area contributed by atoms with E-state index < -0.39 is 5.54 Å². The molecule has 0 aromatic heterocycles. The highest BCUT2D eigenvalue weighted by molar-refractivity contribution is 5.86. The summed E-state index contributed by atoms with van der Waals surface area (Å²) in [5.41, 5.74) is 2.07. The van der Waals surface area contributed by atoms with Gasteiger partial charge in [0, 0.05) is 12.3 Å². The van der Waals surface area contributed by atoms with E-state index in [2.05, 4.69) is 5.32 Å². The summed E-state index contributed by atoms with van der Waals surface area (Å²) in [5, 5.41) is 3.27. The third-order valence-corrected chi connectivity index (χ3v) is 5.13. The lowest BCUT2D eigenvalue weighted by molar-refractivity contribution is -0.128. The number of hydrogen-bond donors (Lipinski definition) is 1. The number of carbonyl (C=O) groups is 2. The molecule has 3 aromatic carbocycles. The van der Waals surface area contributed by atoms with Gasteiger partial charge in [-0.15, -0.1) is 0 Å². The summed E-state index contributed by atoms with van der Waals surface area (Å²) in [6, 6.07) is 29.9. The fourth-order valence-corrected chi connectivity index (χ4v) is 3.46. The third-order valence-electron chi connectivity index (χ3n) is 5.13. The Morgan fingerprint density at radius 1 is 0.750 bits per heavy atom. The van der Waals surface area contributed by atoms with Gasteiger partial charge in [-0.1, -0.05) is 97.9 Å². The molecule has 142 valence electrons. The Balaban J connectivity index is 2.17. The Morgan fingerprint density at radius 3 is 1.43 bits per heavy atom. The van der Waals surface area contributed by atoms with Gasteiger partial charge >= 0.3 is 0 Å². The van der Waals surface area contributed by atoms with E-state index in [0.717, 1.165) is 16.7 Å². The van der Waals surface area contributed by atoms with Crippen LogP contribution in [-0.4, -0.2) is 11.7 Å². The average molecular weight is 371 g/mol. The molecule has 0 saturated carbocycles. The van der Waals surface area contributed by atoms with Crippen molar-refractivity contribution >= 4 is 11.7 Å². The molecule has 0 saturated heterocycles. The second-order valence-electron chi connectivity index (χ2n) is 7.11. The molecule has 0 heterocycles. The minimum absolute atomic E-state index is 0.0138. The molecule has 3 nitrogen and oxygen atoms in total. The zero-order valence-corrected chi connectivity index (χ0v) is 16.3. The molecule has 1 N–H and O–H groups in total. The molecule has 0 aliphatic rings. The summed E-state index contributed by atoms with van der Waals surface area (Å²) in [6.45, 7) is 3.31. The van der Waals surface area contributed by atoms with Gasteiger partial charge in [0.05, 0.1) is 0 Å². The van der Waals surface area contributed by atoms with Gasteiger partial charge in [-0.3, -0.25) is 9.59 Å². The van der Waals surface area contributed by atoms with Crippen molar-refractivity contribution in [2.75, 3.05) is 0 Å². The van der Waals surface area contributed by atoms with E-state index in [1.165, 1.54) is 6.92 Å². The largest absolute Gasteiger partial charge is 0.338 e. The number of carbonyl (C=O) groups excluding carboxylic acids is 2. The van der Waals surface area contributed by atoms with Gasteiger partial charge in [0.1, 0.15) is 11.3 Å². The Hall–Kier alpha value is -3.20. The van der Waals surface area contributed by atoms with Crippen LogP contribution in [0.3, 0.4) is 0 Å². The van der Waals surface area contributed by atoms with Gasteiger partial charge in [-0.05, 0) is 23.6 Å². The summed E-state index contributed by atoms with van der Waals surface area (Å²) in [7, 11) is 0. The highest BCUT2D eigenvalue weighted by Crippen LogP contribution is 2.36. The monoisotopic (exact) mass is 371 g/mol. The lowest BCUT2D eigenvalue weighted by Gasteiger charge is -2.37. The van der Waals surface area contributed by atoms with E-state index in [0.29, 0.717) is 0 Å². The molecule has 0 unspecified atom stereocenters. The van der Waals surface area contributed by atoms with E-state index in [1.807, 2.05) is 91.0 Å². The van der Waals surface area contributed by atoms with Crippen molar-refractivity contribution in [1.29, 1.82) is 0 Å². The summed E-state index contributed by atoms with van der Waals surface area (Å²) >= 11 is 0. The van der Waals surface area contributed by atoms with Crippen LogP contribution in [0.2, 0.25) is 0 Å². The second-order valence-corrected chi connectivity index (χ2v) is 7.11. The van der Waals surface area contributed by atoms with Gasteiger partial charge in [-0.2, -0.15) is 0 Å². The maximum absolute atomic E-state index is 13.0. The van der Waals surface area contributed by atoms with Crippen LogP contribution < -0.4 is 5.32 Å². The molecule has 0 aliphatic carbocycles. The molecular formula is C25H25NO2. The van der Waals surface area contributed by atoms with Crippen LogP contribution in [0.5, 0.6) is 0 Å². The predicted molar refractivity (Wildman–Crippen MR) is 112 cm³/mol. The lowest BCUT2D eigenvalue weighted by Crippen LogP contribution is -2.48. The first-order valence-corrected chi connectivity index (χ1v) is 9.52. The molecule has 3 heteroatoms. The number of rotatable bonds is 7. The van der Waals surface area contributed by atoms with E-state index in [4.69, 9.17) is 0 Å². The minimum Gasteiger partial charge on any atom is -0.338 e. The molecule has 1 amide bonds. The van der Waals surface area contributed by atoms with Crippen molar-refractivity contribution in [3.63, 3.8) is 0 Å². The summed E-state index contributed by atoms with van der Waals surface area (Å²) < 4.78 is 0. The minimum atomic E-state index is -0.836. The molecule has 0 bridgehead atoms. The first-order chi connectivity index (χ1) is 13.5. The molecule has 28 heavy (non-hydrogen) atoms. The fraction of sp³-hybridized carbons (Fsp3) is 0.200. The van der Waals surface area contributed by atoms with E-state index >= 15 is 0 Å². The Labute approximate surface area is 166 Å². The number of Topliss-reactive ketones (excluding diaryl/α,β-unsaturated/α-hetero) is 1. The molecule has 0 spiro atoms. The molecule has 1 atom stereocenters. The Bertz CT molecular complexity index is 824. The highest BCUT2D eigenvalue weighted by atomic mass is 16.2. The van der Waals surface area contributed by atoms with Gasteiger partial charge < -0.3 is 5.32 Å². The average Bonchev–Trinajstić information content (AvgIpc) is 2.74. The zero-order valence-electron chi connectivity index (χ0n) is 16.3. The summed E-state index contributed by atoms with van der Waals surface area (Å²) in [5.74, 6) is -0.459. The number of ketones is 1. The normalized spacial score (nSPS) is 12.2. The maximum atomic E-state index is 13.0. The quantitative estimate of drug-likeness (QED) is 0.612. The molecular weight excluding hydrogens is 346 g/mol. The van der Waals surface area contributed by atoms with E-state index in [1.54, 1.807) is 6.92 Å². The molecule has 3 rings (SSSR count). The molecule has 0 aliphatic heterocycles. The van der Waals surface area contributed by atoms with Crippen LogP contribution in [0.1, 0.15) is 37.0 Å². The Morgan fingerprint density at radius 2 is 1.11 bits per heavy atom. The van der Waals surface area contributed by atoms with E-state index in [-0.39, 0.29) is 24.0 Å². The van der Waals surface area contributed by atoms with Crippen molar-refractivity contribution in [2.45, 2.75) is 25.8 Å². The van der Waals surface area contributed by atoms with Gasteiger partial charge in [0.15, 0.2) is 0 Å². The smallest absolute Gasteiger partial charge is 0.221 e. The molecule has 0 fully saturated rings. The van der Waals surface area contributed by atoms with E-state index in [9.17, 15) is 9.59 Å². The van der Waals surface area contributed by atoms with Crippen LogP contribution in [0.4, 0.5) is 0 Å². The van der Waals surface area contributed by atoms with Crippen molar-refractivity contribution in [2.24, 2.45) is 5.92 Å². The zero-order chi connectivity index (χ0) is 20.0. The number of amides is 1. The highest BCUT2D eigenvalue weighted by Gasteiger charge is 2.38. The first-order valence-electron chi connectivity index (χ1n) is 9.52. The van der Waals surface area contributed by atoms with Crippen LogP contribution in [0, 0.1) is 5.92 Å². The second kappa shape index (κ2) is 8.66. The van der Waals surface area contributed by atoms with Crippen LogP contribution in [-0.2, 0) is 15.1 Å². The third kappa shape index (κ3) is 4.04. The van der Waals surface area contributed by atoms with Crippen LogP contribution in [0.25, 0.3) is 0 Å². The van der Waals surface area contributed by atoms with Gasteiger partial charge in [-0.25, -0.2) is 0 Å². The van der Waals surface area contributed by atoms with Crippen molar-refractivity contribution < 1.29 is 9.59 Å². The SMILES string of the molecule is CC(=O)[C@@H](C)CC(=O)NC(c1ccccc1)(c1ccccc1)c1ccccc1.